The van der Waals surface area contributed by atoms with Crippen LogP contribution in [0.1, 0.15) is 43.2 Å². The van der Waals surface area contributed by atoms with Crippen molar-refractivity contribution in [2.75, 3.05) is 25.0 Å². The standard InChI is InChI=1S/C18H24ClN5O2/c1-12(2)11-26-17-4-3-13(9-15(17)19)21-18(25)16-10-24(23-22-16)14-5-7-20-8-6-14/h3-4,9-10,12,14,20H,5-8,11H2,1-2H3,(H,21,25). The van der Waals surface area contributed by atoms with Gasteiger partial charge < -0.3 is 15.4 Å². The number of hydrogen-bond acceptors (Lipinski definition) is 5. The summed E-state index contributed by atoms with van der Waals surface area (Å²) in [6.07, 6.45) is 3.67. The van der Waals surface area contributed by atoms with Crippen LogP contribution in [0.4, 0.5) is 5.69 Å². The molecule has 0 bridgehead atoms. The number of carbonyl (C=O) groups excluding carboxylic acids is 1. The molecule has 1 saturated heterocycles. The predicted molar refractivity (Wildman–Crippen MR) is 101 cm³/mol. The highest BCUT2D eigenvalue weighted by molar-refractivity contribution is 6.32. The molecule has 1 aromatic heterocycles. The summed E-state index contributed by atoms with van der Waals surface area (Å²) in [6.45, 7) is 6.63. The number of nitrogens with zero attached hydrogens (tertiary/aromatic N) is 3. The molecule has 1 aromatic carbocycles. The maximum atomic E-state index is 12.4. The Kier molecular flexibility index (Phi) is 6.11. The van der Waals surface area contributed by atoms with Gasteiger partial charge in [-0.2, -0.15) is 0 Å². The number of nitrogens with one attached hydrogen (secondary N) is 2. The van der Waals surface area contributed by atoms with Crippen LogP contribution in [0.5, 0.6) is 5.75 Å². The Morgan fingerprint density at radius 3 is 2.88 bits per heavy atom. The molecule has 0 aliphatic carbocycles. The molecule has 7 nitrogen and oxygen atoms in total. The number of halogens is 1. The van der Waals surface area contributed by atoms with Crippen molar-refractivity contribution in [2.45, 2.75) is 32.7 Å². The maximum absolute atomic E-state index is 12.4. The molecule has 0 radical (unpaired) electrons. The minimum absolute atomic E-state index is 0.289. The summed E-state index contributed by atoms with van der Waals surface area (Å²) in [6, 6.07) is 5.48. The lowest BCUT2D eigenvalue weighted by Crippen LogP contribution is -2.29. The highest BCUT2D eigenvalue weighted by atomic mass is 35.5. The summed E-state index contributed by atoms with van der Waals surface area (Å²) in [4.78, 5) is 12.4. The third kappa shape index (κ3) is 4.74. The average Bonchev–Trinajstić information content (AvgIpc) is 3.12. The van der Waals surface area contributed by atoms with Gasteiger partial charge in [-0.15, -0.1) is 5.10 Å². The summed E-state index contributed by atoms with van der Waals surface area (Å²) in [7, 11) is 0. The predicted octanol–water partition coefficient (Wildman–Crippen LogP) is 3.14. The molecule has 1 aliphatic rings. The van der Waals surface area contributed by atoms with Crippen LogP contribution in [0.2, 0.25) is 5.02 Å². The minimum atomic E-state index is -0.308. The fourth-order valence-corrected chi connectivity index (χ4v) is 3.01. The third-order valence-electron chi connectivity index (χ3n) is 4.19. The van der Waals surface area contributed by atoms with Gasteiger partial charge in [0.05, 0.1) is 23.9 Å². The second-order valence-corrected chi connectivity index (χ2v) is 7.28. The largest absolute Gasteiger partial charge is 0.492 e. The first-order valence-electron chi connectivity index (χ1n) is 8.89. The van der Waals surface area contributed by atoms with Crippen LogP contribution in [0.3, 0.4) is 0 Å². The zero-order valence-corrected chi connectivity index (χ0v) is 15.8. The number of benzene rings is 1. The molecule has 26 heavy (non-hydrogen) atoms. The fraction of sp³-hybridized carbons (Fsp3) is 0.500. The van der Waals surface area contributed by atoms with Gasteiger partial charge >= 0.3 is 0 Å². The first-order valence-corrected chi connectivity index (χ1v) is 9.27. The minimum Gasteiger partial charge on any atom is -0.492 e. The van der Waals surface area contributed by atoms with Crippen LogP contribution in [-0.2, 0) is 0 Å². The zero-order chi connectivity index (χ0) is 18.5. The van der Waals surface area contributed by atoms with E-state index in [9.17, 15) is 4.79 Å². The molecule has 2 heterocycles. The van der Waals surface area contributed by atoms with E-state index in [2.05, 4.69) is 34.8 Å². The van der Waals surface area contributed by atoms with Gasteiger partial charge in [0.15, 0.2) is 5.69 Å². The number of rotatable bonds is 6. The number of hydrogen-bond donors (Lipinski definition) is 2. The molecule has 3 rings (SSSR count). The second-order valence-electron chi connectivity index (χ2n) is 6.87. The molecular formula is C18H24ClN5O2. The monoisotopic (exact) mass is 377 g/mol. The lowest BCUT2D eigenvalue weighted by atomic mass is 10.1. The van der Waals surface area contributed by atoms with Gasteiger partial charge in [-0.3, -0.25) is 4.79 Å². The van der Waals surface area contributed by atoms with E-state index in [0.717, 1.165) is 25.9 Å². The molecule has 0 saturated carbocycles. The van der Waals surface area contributed by atoms with E-state index in [1.54, 1.807) is 29.1 Å². The molecule has 0 atom stereocenters. The molecular weight excluding hydrogens is 354 g/mol. The molecule has 8 heteroatoms. The van der Waals surface area contributed by atoms with Gasteiger partial charge in [0.1, 0.15) is 5.75 Å². The first-order chi connectivity index (χ1) is 12.5. The molecule has 0 unspecified atom stereocenters. The summed E-state index contributed by atoms with van der Waals surface area (Å²) in [5.74, 6) is 0.709. The fourth-order valence-electron chi connectivity index (χ4n) is 2.78. The Hall–Kier alpha value is -2.12. The highest BCUT2D eigenvalue weighted by Gasteiger charge is 2.19. The van der Waals surface area contributed by atoms with Gasteiger partial charge in [0.25, 0.3) is 5.91 Å². The van der Waals surface area contributed by atoms with E-state index in [-0.39, 0.29) is 11.9 Å². The average molecular weight is 378 g/mol. The van der Waals surface area contributed by atoms with E-state index in [1.165, 1.54) is 0 Å². The molecule has 0 spiro atoms. The van der Waals surface area contributed by atoms with Crippen LogP contribution >= 0.6 is 11.6 Å². The Bertz CT molecular complexity index is 756. The van der Waals surface area contributed by atoms with Crippen molar-refractivity contribution < 1.29 is 9.53 Å². The van der Waals surface area contributed by atoms with Crippen molar-refractivity contribution in [1.29, 1.82) is 0 Å². The van der Waals surface area contributed by atoms with Gasteiger partial charge in [-0.25, -0.2) is 4.68 Å². The van der Waals surface area contributed by atoms with Gasteiger partial charge in [-0.1, -0.05) is 30.7 Å². The Morgan fingerprint density at radius 2 is 2.19 bits per heavy atom. The first kappa shape index (κ1) is 18.7. The van der Waals surface area contributed by atoms with Crippen LogP contribution in [0.15, 0.2) is 24.4 Å². The lowest BCUT2D eigenvalue weighted by molar-refractivity contribution is 0.102. The molecule has 1 amide bonds. The van der Waals surface area contributed by atoms with E-state index >= 15 is 0 Å². The van der Waals surface area contributed by atoms with Crippen molar-refractivity contribution in [3.8, 4) is 5.75 Å². The molecule has 140 valence electrons. The number of piperidine rings is 1. The van der Waals surface area contributed by atoms with Crippen LogP contribution in [0, 0.1) is 5.92 Å². The van der Waals surface area contributed by atoms with Gasteiger partial charge in [-0.05, 0) is 50.0 Å². The summed E-state index contributed by atoms with van der Waals surface area (Å²) in [5, 5.41) is 14.7. The topological polar surface area (TPSA) is 81.1 Å². The van der Waals surface area contributed by atoms with Gasteiger partial charge in [0, 0.05) is 5.69 Å². The Balaban J connectivity index is 1.62. The number of carbonyl (C=O) groups is 1. The summed E-state index contributed by atoms with van der Waals surface area (Å²) >= 11 is 6.23. The van der Waals surface area contributed by atoms with E-state index in [4.69, 9.17) is 16.3 Å². The van der Waals surface area contributed by atoms with Crippen molar-refractivity contribution >= 4 is 23.2 Å². The van der Waals surface area contributed by atoms with Gasteiger partial charge in [0.2, 0.25) is 0 Å². The zero-order valence-electron chi connectivity index (χ0n) is 15.0. The molecule has 1 aliphatic heterocycles. The molecule has 2 aromatic rings. The SMILES string of the molecule is CC(C)COc1ccc(NC(=O)c2cn(C3CCNCC3)nn2)cc1Cl. The summed E-state index contributed by atoms with van der Waals surface area (Å²) in [5.41, 5.74) is 0.883. The van der Waals surface area contributed by atoms with Crippen LogP contribution in [0.25, 0.3) is 0 Å². The number of amides is 1. The molecule has 1 fully saturated rings. The maximum Gasteiger partial charge on any atom is 0.277 e. The third-order valence-corrected chi connectivity index (χ3v) is 4.48. The quantitative estimate of drug-likeness (QED) is 0.808. The number of anilines is 1. The van der Waals surface area contributed by atoms with Crippen LogP contribution in [-0.4, -0.2) is 40.6 Å². The Labute approximate surface area is 158 Å². The highest BCUT2D eigenvalue weighted by Crippen LogP contribution is 2.28. The lowest BCUT2D eigenvalue weighted by Gasteiger charge is -2.22. The van der Waals surface area contributed by atoms with Crippen molar-refractivity contribution in [3.05, 3.63) is 35.1 Å². The normalized spacial score (nSPS) is 15.2. The van der Waals surface area contributed by atoms with E-state index < -0.39 is 0 Å². The van der Waals surface area contributed by atoms with Crippen molar-refractivity contribution in [1.82, 2.24) is 20.3 Å². The van der Waals surface area contributed by atoms with E-state index in [1.807, 2.05) is 0 Å². The Morgan fingerprint density at radius 1 is 1.42 bits per heavy atom. The molecule has 2 N–H and O–H groups in total. The van der Waals surface area contributed by atoms with Crippen molar-refractivity contribution in [2.24, 2.45) is 5.92 Å². The van der Waals surface area contributed by atoms with E-state index in [0.29, 0.717) is 34.7 Å². The second kappa shape index (κ2) is 8.51. The van der Waals surface area contributed by atoms with Crippen molar-refractivity contribution in [3.63, 3.8) is 0 Å². The smallest absolute Gasteiger partial charge is 0.277 e. The number of aromatic nitrogens is 3. The number of ether oxygens (including phenoxy) is 1. The van der Waals surface area contributed by atoms with Crippen LogP contribution < -0.4 is 15.4 Å². The summed E-state index contributed by atoms with van der Waals surface area (Å²) < 4.78 is 7.42.